The molecule has 1 heterocycles. The summed E-state index contributed by atoms with van der Waals surface area (Å²) in [7, 11) is 0. The van der Waals surface area contributed by atoms with Crippen LogP contribution < -0.4 is 4.74 Å². The Morgan fingerprint density at radius 1 is 1.16 bits per heavy atom. The summed E-state index contributed by atoms with van der Waals surface area (Å²) in [4.78, 5) is 0. The predicted octanol–water partition coefficient (Wildman–Crippen LogP) is 3.60. The number of hydrogen-bond acceptors (Lipinski definition) is 2. The molecule has 1 aliphatic heterocycles. The van der Waals surface area contributed by atoms with Gasteiger partial charge < -0.3 is 9.84 Å². The molecular weight excluding hydrogens is 236 g/mol. The fraction of sp³-hybridized carbons (Fsp3) is 0.647. The number of para-hydroxylation sites is 1. The molecule has 0 amide bonds. The van der Waals surface area contributed by atoms with Crippen LogP contribution in [0.2, 0.25) is 0 Å². The van der Waals surface area contributed by atoms with Crippen molar-refractivity contribution < 1.29 is 9.84 Å². The van der Waals surface area contributed by atoms with Crippen molar-refractivity contribution in [1.29, 1.82) is 0 Å². The predicted molar refractivity (Wildman–Crippen MR) is 76.4 cm³/mol. The Kier molecular flexibility index (Phi) is 3.53. The second-order valence-electron chi connectivity index (χ2n) is 6.47. The minimum Gasteiger partial charge on any atom is -0.493 e. The van der Waals surface area contributed by atoms with Crippen LogP contribution in [0.15, 0.2) is 24.3 Å². The Bertz CT molecular complexity index is 443. The summed E-state index contributed by atoms with van der Waals surface area (Å²) in [5, 5.41) is 10.7. The minimum atomic E-state index is -0.251. The van der Waals surface area contributed by atoms with E-state index in [1.165, 1.54) is 12.0 Å². The van der Waals surface area contributed by atoms with Gasteiger partial charge in [0.25, 0.3) is 0 Å². The van der Waals surface area contributed by atoms with Gasteiger partial charge in [-0.25, -0.2) is 0 Å². The van der Waals surface area contributed by atoms with Crippen LogP contribution >= 0.6 is 0 Å². The van der Waals surface area contributed by atoms with E-state index < -0.39 is 0 Å². The Morgan fingerprint density at radius 2 is 1.95 bits per heavy atom. The molecule has 0 aromatic heterocycles. The topological polar surface area (TPSA) is 29.5 Å². The number of ether oxygens (including phenoxy) is 1. The molecule has 2 heteroatoms. The molecule has 2 nitrogen and oxygen atoms in total. The van der Waals surface area contributed by atoms with Crippen molar-refractivity contribution >= 4 is 0 Å². The minimum absolute atomic E-state index is 0.168. The molecule has 2 aliphatic rings. The first-order valence-electron chi connectivity index (χ1n) is 7.56. The fourth-order valence-electron chi connectivity index (χ4n) is 3.70. The van der Waals surface area contributed by atoms with Crippen LogP contribution in [0, 0.1) is 17.8 Å². The third kappa shape index (κ3) is 2.38. The molecule has 5 atom stereocenters. The number of benzene rings is 1. The Hall–Kier alpha value is -1.02. The van der Waals surface area contributed by atoms with Gasteiger partial charge in [-0.3, -0.25) is 0 Å². The van der Waals surface area contributed by atoms with E-state index in [1.807, 2.05) is 18.2 Å². The van der Waals surface area contributed by atoms with Gasteiger partial charge in [0.05, 0.1) is 12.7 Å². The van der Waals surface area contributed by atoms with Crippen LogP contribution in [-0.2, 0) is 0 Å². The van der Waals surface area contributed by atoms with Gasteiger partial charge >= 0.3 is 0 Å². The van der Waals surface area contributed by atoms with Crippen molar-refractivity contribution in [1.82, 2.24) is 0 Å². The van der Waals surface area contributed by atoms with Gasteiger partial charge in [0, 0.05) is 11.5 Å². The quantitative estimate of drug-likeness (QED) is 0.880. The van der Waals surface area contributed by atoms with Crippen molar-refractivity contribution in [2.75, 3.05) is 6.61 Å². The van der Waals surface area contributed by atoms with E-state index in [9.17, 15) is 5.11 Å². The van der Waals surface area contributed by atoms with E-state index in [4.69, 9.17) is 4.74 Å². The Morgan fingerprint density at radius 3 is 2.74 bits per heavy atom. The number of rotatable bonds is 2. The maximum atomic E-state index is 10.7. The van der Waals surface area contributed by atoms with Crippen LogP contribution in [0.4, 0.5) is 0 Å². The highest BCUT2D eigenvalue weighted by molar-refractivity contribution is 5.40. The van der Waals surface area contributed by atoms with E-state index in [0.717, 1.165) is 30.4 Å². The zero-order valence-corrected chi connectivity index (χ0v) is 11.9. The lowest BCUT2D eigenvalue weighted by molar-refractivity contribution is 0.0319. The van der Waals surface area contributed by atoms with Gasteiger partial charge in [0.1, 0.15) is 5.75 Å². The molecule has 1 N–H and O–H groups in total. The van der Waals surface area contributed by atoms with Crippen LogP contribution in [0.5, 0.6) is 5.75 Å². The largest absolute Gasteiger partial charge is 0.493 e. The summed E-state index contributed by atoms with van der Waals surface area (Å²) in [6.45, 7) is 5.30. The van der Waals surface area contributed by atoms with Gasteiger partial charge in [-0.2, -0.15) is 0 Å². The lowest BCUT2D eigenvalue weighted by Crippen LogP contribution is -2.34. The third-order valence-electron chi connectivity index (χ3n) is 5.27. The number of aliphatic hydroxyl groups excluding tert-OH is 1. The monoisotopic (exact) mass is 260 g/mol. The third-order valence-corrected chi connectivity index (χ3v) is 5.27. The van der Waals surface area contributed by atoms with Crippen molar-refractivity contribution in [2.45, 2.75) is 45.1 Å². The number of aliphatic hydroxyl groups is 1. The summed E-state index contributed by atoms with van der Waals surface area (Å²) in [5.41, 5.74) is 1.20. The molecule has 1 fully saturated rings. The average Bonchev–Trinajstić information content (AvgIpc) is 2.85. The highest BCUT2D eigenvalue weighted by Crippen LogP contribution is 2.42. The number of fused-ring (bicyclic) bond motifs is 1. The van der Waals surface area contributed by atoms with Gasteiger partial charge in [-0.05, 0) is 36.7 Å². The first-order chi connectivity index (χ1) is 9.16. The highest BCUT2D eigenvalue weighted by atomic mass is 16.5. The normalized spacial score (nSPS) is 35.5. The summed E-state index contributed by atoms with van der Waals surface area (Å²) < 4.78 is 5.71. The molecule has 19 heavy (non-hydrogen) atoms. The second-order valence-corrected chi connectivity index (χ2v) is 6.47. The number of hydrogen-bond donors (Lipinski definition) is 1. The highest BCUT2D eigenvalue weighted by Gasteiger charge is 2.37. The van der Waals surface area contributed by atoms with Crippen molar-refractivity contribution in [3.63, 3.8) is 0 Å². The lowest BCUT2D eigenvalue weighted by Gasteiger charge is -2.36. The van der Waals surface area contributed by atoms with E-state index in [-0.39, 0.29) is 12.0 Å². The van der Waals surface area contributed by atoms with Crippen LogP contribution in [0.25, 0.3) is 0 Å². The van der Waals surface area contributed by atoms with Gasteiger partial charge in [-0.15, -0.1) is 0 Å². The maximum absolute atomic E-state index is 10.7. The molecule has 3 rings (SSSR count). The summed E-state index contributed by atoms with van der Waals surface area (Å²) >= 11 is 0. The van der Waals surface area contributed by atoms with Gasteiger partial charge in [0.2, 0.25) is 0 Å². The molecule has 1 aromatic rings. The second kappa shape index (κ2) is 5.16. The van der Waals surface area contributed by atoms with Crippen molar-refractivity contribution in [2.24, 2.45) is 17.8 Å². The molecule has 1 saturated carbocycles. The van der Waals surface area contributed by atoms with Crippen molar-refractivity contribution in [3.05, 3.63) is 29.8 Å². The molecule has 1 aromatic carbocycles. The van der Waals surface area contributed by atoms with E-state index in [2.05, 4.69) is 19.9 Å². The molecule has 0 saturated heterocycles. The summed E-state index contributed by atoms with van der Waals surface area (Å²) in [6.07, 6.45) is 3.31. The standard InChI is InChI=1S/C17H24O2/c1-11-7-8-13(9-12(11)2)17(18)15-10-19-16-6-4-3-5-14(15)16/h3-6,11-13,15,17-18H,7-10H2,1-2H3. The summed E-state index contributed by atoms with van der Waals surface area (Å²) in [5.74, 6) is 3.10. The first-order valence-corrected chi connectivity index (χ1v) is 7.56. The SMILES string of the molecule is CC1CCC(C(O)C2COc3ccccc32)CC1C. The van der Waals surface area contributed by atoms with E-state index in [0.29, 0.717) is 12.5 Å². The van der Waals surface area contributed by atoms with E-state index in [1.54, 1.807) is 0 Å². The molecule has 104 valence electrons. The molecule has 1 aliphatic carbocycles. The maximum Gasteiger partial charge on any atom is 0.123 e. The fourth-order valence-corrected chi connectivity index (χ4v) is 3.70. The molecule has 0 radical (unpaired) electrons. The summed E-state index contributed by atoms with van der Waals surface area (Å²) in [6, 6.07) is 8.15. The van der Waals surface area contributed by atoms with Crippen molar-refractivity contribution in [3.8, 4) is 5.75 Å². The van der Waals surface area contributed by atoms with E-state index >= 15 is 0 Å². The molecule has 5 unspecified atom stereocenters. The van der Waals surface area contributed by atoms with Crippen LogP contribution in [-0.4, -0.2) is 17.8 Å². The van der Waals surface area contributed by atoms with Gasteiger partial charge in [0.15, 0.2) is 0 Å². The lowest BCUT2D eigenvalue weighted by atomic mass is 9.71. The molecular formula is C17H24O2. The first kappa shape index (κ1) is 13.0. The van der Waals surface area contributed by atoms with Crippen LogP contribution in [0.3, 0.4) is 0 Å². The molecule has 0 bridgehead atoms. The zero-order valence-electron chi connectivity index (χ0n) is 11.9. The average molecular weight is 260 g/mol. The van der Waals surface area contributed by atoms with Crippen LogP contribution in [0.1, 0.15) is 44.6 Å². The molecule has 0 spiro atoms. The van der Waals surface area contributed by atoms with Gasteiger partial charge in [-0.1, -0.05) is 38.5 Å². The smallest absolute Gasteiger partial charge is 0.123 e. The Labute approximate surface area is 115 Å². The zero-order chi connectivity index (χ0) is 13.4. The Balaban J connectivity index is 1.73.